The molecule has 200 valence electrons. The summed E-state index contributed by atoms with van der Waals surface area (Å²) in [7, 11) is 1.37. The second kappa shape index (κ2) is 11.7. The van der Waals surface area contributed by atoms with Crippen LogP contribution in [0.25, 0.3) is 0 Å². The van der Waals surface area contributed by atoms with Crippen LogP contribution in [0, 0.1) is 18.3 Å². The van der Waals surface area contributed by atoms with Crippen LogP contribution in [0.4, 0.5) is 10.7 Å². The zero-order valence-corrected chi connectivity index (χ0v) is 24.1. The lowest BCUT2D eigenvalue weighted by atomic mass is 9.72. The summed E-state index contributed by atoms with van der Waals surface area (Å²) in [5.41, 5.74) is 3.97. The van der Waals surface area contributed by atoms with Gasteiger partial charge < -0.3 is 15.4 Å². The van der Waals surface area contributed by atoms with Crippen molar-refractivity contribution in [1.82, 2.24) is 0 Å². The van der Waals surface area contributed by atoms with Crippen LogP contribution in [0.15, 0.2) is 53.4 Å². The van der Waals surface area contributed by atoms with E-state index in [0.717, 1.165) is 40.2 Å². The number of carbonyl (C=O) groups is 3. The van der Waals surface area contributed by atoms with Crippen molar-refractivity contribution < 1.29 is 19.1 Å². The average Bonchev–Trinajstić information content (AvgIpc) is 3.23. The van der Waals surface area contributed by atoms with Gasteiger partial charge in [0.05, 0.1) is 18.4 Å². The Morgan fingerprint density at radius 3 is 2.55 bits per heavy atom. The number of carbonyl (C=O) groups excluding carboxylic acids is 3. The highest BCUT2D eigenvalue weighted by Gasteiger charge is 2.34. The maximum absolute atomic E-state index is 12.9. The second-order valence-electron chi connectivity index (χ2n) is 10.7. The SMILES string of the molecule is COC(=O)c1c(NC(=O)CSc2cccc(NC(=O)c3cccc(C)c3)c2)sc2c1CCC(C(C)(C)C)C2. The predicted molar refractivity (Wildman–Crippen MR) is 156 cm³/mol. The van der Waals surface area contributed by atoms with Crippen molar-refractivity contribution in [3.05, 3.63) is 75.7 Å². The molecule has 1 aliphatic carbocycles. The van der Waals surface area contributed by atoms with Gasteiger partial charge in [-0.25, -0.2) is 4.79 Å². The summed E-state index contributed by atoms with van der Waals surface area (Å²) in [5.74, 6) is -0.0865. The summed E-state index contributed by atoms with van der Waals surface area (Å²) in [6.45, 7) is 8.70. The Hall–Kier alpha value is -3.10. The molecule has 2 N–H and O–H groups in total. The molecule has 1 aliphatic rings. The molecule has 0 radical (unpaired) electrons. The van der Waals surface area contributed by atoms with Crippen molar-refractivity contribution in [2.45, 2.75) is 51.9 Å². The number of thioether (sulfide) groups is 1. The van der Waals surface area contributed by atoms with E-state index in [1.807, 2.05) is 49.4 Å². The number of methoxy groups -OCH3 is 1. The van der Waals surface area contributed by atoms with Crippen LogP contribution >= 0.6 is 23.1 Å². The number of rotatable bonds is 7. The molecule has 0 spiro atoms. The minimum atomic E-state index is -0.406. The third kappa shape index (κ3) is 6.66. The molecule has 2 amide bonds. The normalized spacial score (nSPS) is 14.9. The average molecular weight is 551 g/mol. The van der Waals surface area contributed by atoms with Gasteiger partial charge in [0.25, 0.3) is 5.91 Å². The second-order valence-corrected chi connectivity index (χ2v) is 12.8. The number of nitrogens with one attached hydrogen (secondary N) is 2. The van der Waals surface area contributed by atoms with E-state index in [1.165, 1.54) is 30.2 Å². The smallest absolute Gasteiger partial charge is 0.341 e. The minimum Gasteiger partial charge on any atom is -0.465 e. The van der Waals surface area contributed by atoms with Crippen molar-refractivity contribution in [1.29, 1.82) is 0 Å². The van der Waals surface area contributed by atoms with E-state index >= 15 is 0 Å². The number of benzene rings is 2. The van der Waals surface area contributed by atoms with Gasteiger partial charge in [-0.1, -0.05) is 44.5 Å². The van der Waals surface area contributed by atoms with Gasteiger partial charge in [0, 0.05) is 21.0 Å². The van der Waals surface area contributed by atoms with E-state index in [2.05, 4.69) is 31.4 Å². The van der Waals surface area contributed by atoms with Crippen LogP contribution in [0.1, 0.15) is 63.9 Å². The van der Waals surface area contributed by atoms with Crippen LogP contribution in [0.2, 0.25) is 0 Å². The molecule has 1 unspecified atom stereocenters. The largest absolute Gasteiger partial charge is 0.465 e. The highest BCUT2D eigenvalue weighted by molar-refractivity contribution is 8.00. The number of aryl methyl sites for hydroxylation is 1. The fourth-order valence-electron chi connectivity index (χ4n) is 4.70. The molecule has 3 aromatic rings. The van der Waals surface area contributed by atoms with Gasteiger partial charge in [0.2, 0.25) is 5.91 Å². The molecule has 1 aromatic heterocycles. The summed E-state index contributed by atoms with van der Waals surface area (Å²) in [6, 6.07) is 14.8. The van der Waals surface area contributed by atoms with Gasteiger partial charge in [-0.3, -0.25) is 9.59 Å². The number of thiophene rings is 1. The van der Waals surface area contributed by atoms with Crippen molar-refractivity contribution in [2.75, 3.05) is 23.5 Å². The third-order valence-corrected chi connectivity index (χ3v) is 9.04. The van der Waals surface area contributed by atoms with Crippen molar-refractivity contribution in [3.8, 4) is 0 Å². The maximum Gasteiger partial charge on any atom is 0.341 e. The van der Waals surface area contributed by atoms with E-state index in [-0.39, 0.29) is 23.0 Å². The van der Waals surface area contributed by atoms with E-state index in [4.69, 9.17) is 4.74 Å². The lowest BCUT2D eigenvalue weighted by molar-refractivity contribution is -0.113. The number of anilines is 2. The Labute approximate surface area is 232 Å². The minimum absolute atomic E-state index is 0.170. The fourth-order valence-corrected chi connectivity index (χ4v) is 6.78. The molecule has 0 saturated carbocycles. The number of fused-ring (bicyclic) bond motifs is 1. The summed E-state index contributed by atoms with van der Waals surface area (Å²) in [5, 5.41) is 6.46. The van der Waals surface area contributed by atoms with Gasteiger partial charge in [0.15, 0.2) is 0 Å². The van der Waals surface area contributed by atoms with Gasteiger partial charge in [-0.15, -0.1) is 23.1 Å². The standard InChI is InChI=1S/C30H34N2O4S2/c1-18-8-6-9-19(14-18)27(34)31-21-10-7-11-22(16-21)37-17-25(33)32-28-26(29(35)36-5)23-13-12-20(30(2,3)4)15-24(23)38-28/h6-11,14,16,20H,12-13,15,17H2,1-5H3,(H,31,34)(H,32,33). The molecular formula is C30H34N2O4S2. The first-order valence-corrected chi connectivity index (χ1v) is 14.5. The van der Waals surface area contributed by atoms with E-state index in [0.29, 0.717) is 27.7 Å². The highest BCUT2D eigenvalue weighted by Crippen LogP contribution is 2.44. The molecule has 8 heteroatoms. The van der Waals surface area contributed by atoms with Crippen molar-refractivity contribution >= 4 is 51.6 Å². The van der Waals surface area contributed by atoms with Gasteiger partial charge in [-0.05, 0) is 73.4 Å². The quantitative estimate of drug-likeness (QED) is 0.245. The van der Waals surface area contributed by atoms with E-state index in [9.17, 15) is 14.4 Å². The topological polar surface area (TPSA) is 84.5 Å². The Kier molecular flexibility index (Phi) is 8.63. The summed E-state index contributed by atoms with van der Waals surface area (Å²) in [6.07, 6.45) is 2.72. The molecule has 1 atom stereocenters. The Morgan fingerprint density at radius 1 is 1.08 bits per heavy atom. The van der Waals surface area contributed by atoms with E-state index < -0.39 is 5.97 Å². The molecule has 38 heavy (non-hydrogen) atoms. The molecule has 1 heterocycles. The summed E-state index contributed by atoms with van der Waals surface area (Å²) >= 11 is 2.87. The first-order chi connectivity index (χ1) is 18.0. The number of esters is 1. The molecule has 0 bridgehead atoms. The van der Waals surface area contributed by atoms with Crippen LogP contribution in [-0.2, 0) is 22.4 Å². The lowest BCUT2D eigenvalue weighted by Crippen LogP contribution is -2.26. The van der Waals surface area contributed by atoms with Crippen LogP contribution in [0.3, 0.4) is 0 Å². The van der Waals surface area contributed by atoms with Crippen LogP contribution < -0.4 is 10.6 Å². The number of ether oxygens (including phenoxy) is 1. The molecule has 2 aromatic carbocycles. The Bertz CT molecular complexity index is 1360. The fraction of sp³-hybridized carbons (Fsp3) is 0.367. The molecule has 0 saturated heterocycles. The van der Waals surface area contributed by atoms with E-state index in [1.54, 1.807) is 6.07 Å². The number of amides is 2. The van der Waals surface area contributed by atoms with Gasteiger partial charge in [-0.2, -0.15) is 0 Å². The van der Waals surface area contributed by atoms with Gasteiger partial charge in [0.1, 0.15) is 5.00 Å². The van der Waals surface area contributed by atoms with Gasteiger partial charge >= 0.3 is 5.97 Å². The molecule has 6 nitrogen and oxygen atoms in total. The van der Waals surface area contributed by atoms with Crippen molar-refractivity contribution in [2.24, 2.45) is 11.3 Å². The lowest BCUT2D eigenvalue weighted by Gasteiger charge is -2.33. The predicted octanol–water partition coefficient (Wildman–Crippen LogP) is 6.98. The Morgan fingerprint density at radius 2 is 1.84 bits per heavy atom. The van der Waals surface area contributed by atoms with Crippen molar-refractivity contribution in [3.63, 3.8) is 0 Å². The monoisotopic (exact) mass is 550 g/mol. The maximum atomic E-state index is 12.9. The zero-order chi connectivity index (χ0) is 27.4. The molecule has 4 rings (SSSR count). The highest BCUT2D eigenvalue weighted by atomic mass is 32.2. The first kappa shape index (κ1) is 27.9. The number of hydrogen-bond acceptors (Lipinski definition) is 6. The Balaban J connectivity index is 1.41. The molecule has 0 fully saturated rings. The zero-order valence-electron chi connectivity index (χ0n) is 22.5. The summed E-state index contributed by atoms with van der Waals surface area (Å²) in [4.78, 5) is 40.2. The first-order valence-electron chi connectivity index (χ1n) is 12.7. The molecular weight excluding hydrogens is 516 g/mol. The summed E-state index contributed by atoms with van der Waals surface area (Å²) < 4.78 is 5.07. The third-order valence-electron chi connectivity index (χ3n) is 6.87. The van der Waals surface area contributed by atoms with Crippen LogP contribution in [0.5, 0.6) is 0 Å². The molecule has 0 aliphatic heterocycles. The number of hydrogen-bond donors (Lipinski definition) is 2. The van der Waals surface area contributed by atoms with Crippen LogP contribution in [-0.4, -0.2) is 30.6 Å².